The SMILES string of the molecule is COc1cc(CS(=O)(=O)[C@H](C)C(=O)NCC2CCCCC2)ccc1OC(F)F. The summed E-state index contributed by atoms with van der Waals surface area (Å²) in [6.45, 7) is -1.17. The largest absolute Gasteiger partial charge is 0.493 e. The molecule has 0 saturated heterocycles. The molecular weight excluding hydrogens is 392 g/mol. The van der Waals surface area contributed by atoms with Crippen molar-refractivity contribution in [1.29, 1.82) is 0 Å². The number of halogens is 2. The van der Waals surface area contributed by atoms with Crippen LogP contribution in [0.5, 0.6) is 11.5 Å². The van der Waals surface area contributed by atoms with Gasteiger partial charge in [0.05, 0.1) is 12.9 Å². The van der Waals surface area contributed by atoms with Crippen LogP contribution in [0.4, 0.5) is 8.78 Å². The summed E-state index contributed by atoms with van der Waals surface area (Å²) in [6, 6.07) is 3.91. The molecule has 158 valence electrons. The summed E-state index contributed by atoms with van der Waals surface area (Å²) in [6.07, 6.45) is 5.59. The van der Waals surface area contributed by atoms with Gasteiger partial charge in [0.15, 0.2) is 21.3 Å². The smallest absolute Gasteiger partial charge is 0.387 e. The topological polar surface area (TPSA) is 81.7 Å². The van der Waals surface area contributed by atoms with Gasteiger partial charge < -0.3 is 14.8 Å². The first kappa shape index (κ1) is 22.4. The molecule has 1 aromatic rings. The number of methoxy groups -OCH3 is 1. The molecule has 1 saturated carbocycles. The quantitative estimate of drug-likeness (QED) is 0.664. The van der Waals surface area contributed by atoms with Crippen LogP contribution in [0.25, 0.3) is 0 Å². The van der Waals surface area contributed by atoms with Crippen LogP contribution < -0.4 is 14.8 Å². The highest BCUT2D eigenvalue weighted by molar-refractivity contribution is 7.92. The lowest BCUT2D eigenvalue weighted by Gasteiger charge is -2.22. The van der Waals surface area contributed by atoms with Crippen molar-refractivity contribution in [1.82, 2.24) is 5.32 Å². The number of amides is 1. The molecule has 0 aliphatic heterocycles. The second-order valence-electron chi connectivity index (χ2n) is 7.06. The summed E-state index contributed by atoms with van der Waals surface area (Å²) < 4.78 is 59.3. The van der Waals surface area contributed by atoms with E-state index in [0.717, 1.165) is 25.7 Å². The second kappa shape index (κ2) is 10.0. The van der Waals surface area contributed by atoms with Gasteiger partial charge in [0.25, 0.3) is 0 Å². The lowest BCUT2D eigenvalue weighted by molar-refractivity contribution is -0.120. The van der Waals surface area contributed by atoms with Crippen molar-refractivity contribution in [2.24, 2.45) is 5.92 Å². The molecule has 0 radical (unpaired) electrons. The summed E-state index contributed by atoms with van der Waals surface area (Å²) in [5, 5.41) is 1.54. The fraction of sp³-hybridized carbons (Fsp3) is 0.632. The molecule has 1 atom stereocenters. The zero-order chi connectivity index (χ0) is 20.7. The molecule has 0 spiro atoms. The lowest BCUT2D eigenvalue weighted by Crippen LogP contribution is -2.40. The maximum Gasteiger partial charge on any atom is 0.387 e. The minimum absolute atomic E-state index is 0.00223. The van der Waals surface area contributed by atoms with Gasteiger partial charge in [-0.15, -0.1) is 0 Å². The molecule has 28 heavy (non-hydrogen) atoms. The molecule has 1 amide bonds. The fourth-order valence-corrected chi connectivity index (χ4v) is 4.60. The summed E-state index contributed by atoms with van der Waals surface area (Å²) in [5.41, 5.74) is 0.324. The van der Waals surface area contributed by atoms with Crippen LogP contribution in [0, 0.1) is 5.92 Å². The maximum atomic E-state index is 12.6. The van der Waals surface area contributed by atoms with E-state index in [-0.39, 0.29) is 11.5 Å². The van der Waals surface area contributed by atoms with Crippen LogP contribution in [0.2, 0.25) is 0 Å². The number of nitrogens with one attached hydrogen (secondary N) is 1. The fourth-order valence-electron chi connectivity index (χ4n) is 3.30. The number of hydrogen-bond donors (Lipinski definition) is 1. The summed E-state index contributed by atoms with van der Waals surface area (Å²) >= 11 is 0. The Bertz CT molecular complexity index is 764. The number of benzene rings is 1. The van der Waals surface area contributed by atoms with Crippen molar-refractivity contribution in [2.45, 2.75) is 56.6 Å². The van der Waals surface area contributed by atoms with Gasteiger partial charge in [0.1, 0.15) is 5.25 Å². The van der Waals surface area contributed by atoms with Gasteiger partial charge >= 0.3 is 6.61 Å². The monoisotopic (exact) mass is 419 g/mol. The Hall–Kier alpha value is -1.90. The summed E-state index contributed by atoms with van der Waals surface area (Å²) in [4.78, 5) is 12.3. The van der Waals surface area contributed by atoms with Gasteiger partial charge in [-0.25, -0.2) is 8.42 Å². The Morgan fingerprint density at radius 3 is 2.50 bits per heavy atom. The molecule has 6 nitrogen and oxygen atoms in total. The number of carbonyl (C=O) groups excluding carboxylic acids is 1. The number of rotatable bonds is 9. The normalized spacial score (nSPS) is 16.6. The van der Waals surface area contributed by atoms with Crippen molar-refractivity contribution in [2.75, 3.05) is 13.7 Å². The first-order valence-corrected chi connectivity index (χ1v) is 11.1. The number of ether oxygens (including phenoxy) is 2. The predicted octanol–water partition coefficient (Wildman–Crippen LogP) is 3.30. The van der Waals surface area contributed by atoms with Gasteiger partial charge in [-0.1, -0.05) is 25.3 Å². The van der Waals surface area contributed by atoms with Gasteiger partial charge in [0, 0.05) is 6.54 Å². The Morgan fingerprint density at radius 1 is 1.21 bits per heavy atom. The summed E-state index contributed by atoms with van der Waals surface area (Å²) in [7, 11) is -2.51. The number of sulfone groups is 1. The Morgan fingerprint density at radius 2 is 1.89 bits per heavy atom. The van der Waals surface area contributed by atoms with E-state index < -0.39 is 33.4 Å². The molecule has 0 bridgehead atoms. The molecule has 0 aromatic heterocycles. The van der Waals surface area contributed by atoms with Crippen LogP contribution in [0.15, 0.2) is 18.2 Å². The van der Waals surface area contributed by atoms with E-state index >= 15 is 0 Å². The minimum Gasteiger partial charge on any atom is -0.493 e. The molecule has 1 fully saturated rings. The van der Waals surface area contributed by atoms with Crippen LogP contribution in [0.3, 0.4) is 0 Å². The third-order valence-corrected chi connectivity index (χ3v) is 7.04. The minimum atomic E-state index is -3.78. The van der Waals surface area contributed by atoms with Crippen LogP contribution in [-0.4, -0.2) is 39.8 Å². The molecule has 2 rings (SSSR count). The Kier molecular flexibility index (Phi) is 8.03. The van der Waals surface area contributed by atoms with Gasteiger partial charge in [-0.05, 0) is 43.4 Å². The zero-order valence-electron chi connectivity index (χ0n) is 16.1. The molecule has 1 aliphatic rings. The lowest BCUT2D eigenvalue weighted by atomic mass is 9.89. The predicted molar refractivity (Wildman–Crippen MR) is 101 cm³/mol. The average Bonchev–Trinajstić information content (AvgIpc) is 2.66. The van der Waals surface area contributed by atoms with E-state index in [1.165, 1.54) is 38.7 Å². The third-order valence-electron chi connectivity index (χ3n) is 5.01. The summed E-state index contributed by atoms with van der Waals surface area (Å²) in [5.74, 6) is -0.704. The van der Waals surface area contributed by atoms with E-state index in [9.17, 15) is 22.0 Å². The second-order valence-corrected chi connectivity index (χ2v) is 9.38. The number of hydrogen-bond acceptors (Lipinski definition) is 5. The molecular formula is C19H27F2NO5S. The molecule has 9 heteroatoms. The first-order chi connectivity index (χ1) is 13.2. The van der Waals surface area contributed by atoms with Crippen LogP contribution >= 0.6 is 0 Å². The van der Waals surface area contributed by atoms with Gasteiger partial charge in [-0.2, -0.15) is 8.78 Å². The van der Waals surface area contributed by atoms with E-state index in [0.29, 0.717) is 18.0 Å². The molecule has 0 heterocycles. The average molecular weight is 419 g/mol. The zero-order valence-corrected chi connectivity index (χ0v) is 16.9. The van der Waals surface area contributed by atoms with E-state index in [2.05, 4.69) is 10.1 Å². The van der Waals surface area contributed by atoms with Crippen LogP contribution in [0.1, 0.15) is 44.6 Å². The number of carbonyl (C=O) groups is 1. The molecule has 1 aromatic carbocycles. The Balaban J connectivity index is 1.99. The standard InChI is InChI=1S/C19H27F2NO5S/c1-13(18(23)22-11-14-6-4-3-5-7-14)28(24,25)12-15-8-9-16(27-19(20)21)17(10-15)26-2/h8-10,13-14,19H,3-7,11-12H2,1-2H3,(H,22,23)/t13-/m1/s1. The van der Waals surface area contributed by atoms with Crippen molar-refractivity contribution >= 4 is 15.7 Å². The van der Waals surface area contributed by atoms with Crippen molar-refractivity contribution in [3.8, 4) is 11.5 Å². The third kappa shape index (κ3) is 6.32. The number of alkyl halides is 2. The highest BCUT2D eigenvalue weighted by Crippen LogP contribution is 2.30. The van der Waals surface area contributed by atoms with Gasteiger partial charge in [0.2, 0.25) is 5.91 Å². The first-order valence-electron chi connectivity index (χ1n) is 9.34. The van der Waals surface area contributed by atoms with Crippen LogP contribution in [-0.2, 0) is 20.4 Å². The highest BCUT2D eigenvalue weighted by Gasteiger charge is 2.29. The van der Waals surface area contributed by atoms with Gasteiger partial charge in [-0.3, -0.25) is 4.79 Å². The molecule has 1 aliphatic carbocycles. The Labute approximate surface area is 164 Å². The van der Waals surface area contributed by atoms with Crippen molar-refractivity contribution in [3.05, 3.63) is 23.8 Å². The van der Waals surface area contributed by atoms with E-state index in [4.69, 9.17) is 4.74 Å². The van der Waals surface area contributed by atoms with E-state index in [1.54, 1.807) is 0 Å². The maximum absolute atomic E-state index is 12.6. The van der Waals surface area contributed by atoms with Crippen molar-refractivity contribution < 1.29 is 31.5 Å². The highest BCUT2D eigenvalue weighted by atomic mass is 32.2. The van der Waals surface area contributed by atoms with E-state index in [1.807, 2.05) is 0 Å². The van der Waals surface area contributed by atoms with Crippen molar-refractivity contribution in [3.63, 3.8) is 0 Å². The molecule has 0 unspecified atom stereocenters. The molecule has 1 N–H and O–H groups in total.